The third kappa shape index (κ3) is 16.3. The van der Waals surface area contributed by atoms with Crippen LogP contribution in [0, 0.1) is 0 Å². The highest BCUT2D eigenvalue weighted by Crippen LogP contribution is 2.11. The van der Waals surface area contributed by atoms with Crippen LogP contribution in [0.3, 0.4) is 0 Å². The Bertz CT molecular complexity index is 189. The van der Waals surface area contributed by atoms with E-state index in [2.05, 4.69) is 0 Å². The summed E-state index contributed by atoms with van der Waals surface area (Å²) in [5.74, 6) is -0.675. The molecule has 0 aromatic heterocycles. The lowest BCUT2D eigenvalue weighted by molar-refractivity contribution is -0.137. The molecule has 1 N–H and O–H groups in total. The topological polar surface area (TPSA) is 37.3 Å². The van der Waals surface area contributed by atoms with Gasteiger partial charge in [0.25, 0.3) is 0 Å². The number of unbranched alkanes of at least 4 members (excludes halogenated alkanes) is 7. The average molecular weight is 299 g/mol. The van der Waals surface area contributed by atoms with Crippen molar-refractivity contribution in [3.05, 3.63) is 0 Å². The van der Waals surface area contributed by atoms with Gasteiger partial charge in [0.1, 0.15) is 0 Å². The molecular weight excluding hydrogens is 275 g/mol. The highest BCUT2D eigenvalue weighted by Gasteiger charge is 1.99. The van der Waals surface area contributed by atoms with E-state index in [9.17, 15) is 4.79 Å². The smallest absolute Gasteiger partial charge is 0.303 e. The first-order chi connectivity index (χ1) is 8.13. The zero-order valence-electron chi connectivity index (χ0n) is 10.5. The van der Waals surface area contributed by atoms with Crippen LogP contribution in [0.1, 0.15) is 57.8 Å². The Morgan fingerprint density at radius 2 is 1.41 bits per heavy atom. The van der Waals surface area contributed by atoms with Crippen LogP contribution in [0.25, 0.3) is 0 Å². The normalized spacial score (nSPS) is 11.7. The number of carboxylic acids is 1. The Balaban J connectivity index is 2.96. The second-order valence-corrected chi connectivity index (χ2v) is 8.92. The second-order valence-electron chi connectivity index (χ2n) is 4.51. The molecule has 0 aliphatic heterocycles. The van der Waals surface area contributed by atoms with Crippen molar-refractivity contribution in [2.45, 2.75) is 68.3 Å². The van der Waals surface area contributed by atoms with Crippen LogP contribution < -0.4 is 0 Å². The highest BCUT2D eigenvalue weighted by molar-refractivity contribution is 6.68. The first-order valence-corrected chi connectivity index (χ1v) is 9.32. The molecule has 0 radical (unpaired) electrons. The van der Waals surface area contributed by atoms with Gasteiger partial charge < -0.3 is 5.11 Å². The van der Waals surface area contributed by atoms with Gasteiger partial charge in [0.15, 0.2) is 0 Å². The van der Waals surface area contributed by atoms with Crippen LogP contribution >= 0.6 is 23.2 Å². The van der Waals surface area contributed by atoms with E-state index >= 15 is 0 Å². The number of halogens is 2. The van der Waals surface area contributed by atoms with Crippen molar-refractivity contribution in [2.24, 2.45) is 0 Å². The van der Waals surface area contributed by atoms with Crippen molar-refractivity contribution in [1.29, 1.82) is 0 Å². The van der Waals surface area contributed by atoms with E-state index in [1.807, 2.05) is 0 Å². The van der Waals surface area contributed by atoms with E-state index in [0.717, 1.165) is 12.8 Å². The van der Waals surface area contributed by atoms with Crippen molar-refractivity contribution in [3.63, 3.8) is 0 Å². The SMILES string of the molecule is O=C(O)CCCCCCCCCC[SiH2]C(Cl)Cl. The minimum absolute atomic E-state index is 0.0655. The number of hydrogen-bond donors (Lipinski definition) is 1. The Labute approximate surface area is 117 Å². The van der Waals surface area contributed by atoms with Crippen LogP contribution in [0.4, 0.5) is 0 Å². The number of rotatable bonds is 12. The fourth-order valence-electron chi connectivity index (χ4n) is 1.81. The van der Waals surface area contributed by atoms with Crippen LogP contribution in [-0.4, -0.2) is 25.1 Å². The molecule has 0 unspecified atom stereocenters. The molecule has 17 heavy (non-hydrogen) atoms. The zero-order valence-corrected chi connectivity index (χ0v) is 13.4. The molecule has 0 saturated carbocycles. The van der Waals surface area contributed by atoms with Gasteiger partial charge in [-0.25, -0.2) is 0 Å². The molecule has 5 heteroatoms. The molecule has 0 bridgehead atoms. The molecule has 0 rings (SSSR count). The predicted octanol–water partition coefficient (Wildman–Crippen LogP) is 3.93. The van der Waals surface area contributed by atoms with Crippen molar-refractivity contribution in [2.75, 3.05) is 0 Å². The van der Waals surface area contributed by atoms with E-state index in [4.69, 9.17) is 28.3 Å². The van der Waals surface area contributed by atoms with E-state index < -0.39 is 5.97 Å². The minimum atomic E-state index is -0.675. The molecule has 0 aliphatic carbocycles. The first-order valence-electron chi connectivity index (χ1n) is 6.63. The van der Waals surface area contributed by atoms with Gasteiger partial charge in [0, 0.05) is 6.42 Å². The molecule has 2 nitrogen and oxygen atoms in total. The monoisotopic (exact) mass is 298 g/mol. The van der Waals surface area contributed by atoms with Gasteiger partial charge in [-0.15, -0.1) is 23.2 Å². The Morgan fingerprint density at radius 3 is 1.88 bits per heavy atom. The van der Waals surface area contributed by atoms with Gasteiger partial charge in [-0.05, 0) is 6.42 Å². The van der Waals surface area contributed by atoms with Crippen molar-refractivity contribution < 1.29 is 9.90 Å². The third-order valence-electron chi connectivity index (χ3n) is 2.81. The molecule has 0 aromatic rings. The third-order valence-corrected chi connectivity index (χ3v) is 5.47. The quantitative estimate of drug-likeness (QED) is 0.337. The molecule has 0 saturated heterocycles. The van der Waals surface area contributed by atoms with Crippen molar-refractivity contribution in [1.82, 2.24) is 0 Å². The number of aliphatic carboxylic acids is 1. The van der Waals surface area contributed by atoms with E-state index in [1.165, 1.54) is 44.6 Å². The Hall–Kier alpha value is 0.267. The maximum absolute atomic E-state index is 10.3. The maximum atomic E-state index is 10.3. The average Bonchev–Trinajstić information content (AvgIpc) is 2.25. The summed E-state index contributed by atoms with van der Waals surface area (Å²) in [4.78, 5) is 10.3. The number of hydrogen-bond acceptors (Lipinski definition) is 1. The number of carboxylic acid groups (broad SMARTS) is 1. The van der Waals surface area contributed by atoms with Gasteiger partial charge in [-0.1, -0.05) is 51.0 Å². The predicted molar refractivity (Wildman–Crippen MR) is 78.0 cm³/mol. The van der Waals surface area contributed by atoms with Gasteiger partial charge in [-0.3, -0.25) is 4.79 Å². The van der Waals surface area contributed by atoms with Crippen LogP contribution in [0.2, 0.25) is 6.04 Å². The lowest BCUT2D eigenvalue weighted by atomic mass is 10.1. The largest absolute Gasteiger partial charge is 0.481 e. The number of alkyl halides is 2. The molecule has 0 amide bonds. The Kier molecular flexibility index (Phi) is 12.9. The fraction of sp³-hybridized carbons (Fsp3) is 0.917. The van der Waals surface area contributed by atoms with Gasteiger partial charge in [-0.2, -0.15) is 0 Å². The Morgan fingerprint density at radius 1 is 0.941 bits per heavy atom. The van der Waals surface area contributed by atoms with Crippen LogP contribution in [0.15, 0.2) is 0 Å². The van der Waals surface area contributed by atoms with E-state index in [0.29, 0.717) is 6.42 Å². The van der Waals surface area contributed by atoms with E-state index in [1.54, 1.807) is 0 Å². The lowest BCUT2D eigenvalue weighted by Crippen LogP contribution is -1.99. The van der Waals surface area contributed by atoms with Gasteiger partial charge in [0.05, 0.1) is 14.0 Å². The summed E-state index contributed by atoms with van der Waals surface area (Å²) in [5, 5.41) is 8.46. The number of carbonyl (C=O) groups is 1. The summed E-state index contributed by atoms with van der Waals surface area (Å²) in [6.07, 6.45) is 9.76. The van der Waals surface area contributed by atoms with Crippen molar-refractivity contribution >= 4 is 38.7 Å². The van der Waals surface area contributed by atoms with Gasteiger partial charge >= 0.3 is 5.97 Å². The lowest BCUT2D eigenvalue weighted by Gasteiger charge is -2.02. The molecule has 0 spiro atoms. The molecule has 0 heterocycles. The summed E-state index contributed by atoms with van der Waals surface area (Å²) < 4.78 is -0.0655. The van der Waals surface area contributed by atoms with Crippen LogP contribution in [0.5, 0.6) is 0 Å². The zero-order chi connectivity index (χ0) is 12.9. The summed E-state index contributed by atoms with van der Waals surface area (Å²) >= 11 is 11.4. The highest BCUT2D eigenvalue weighted by atomic mass is 35.5. The standard InChI is InChI=1S/C12H24Cl2O2Si/c13-12(14)17-10-8-6-4-2-1-3-5-7-9-11(15)16/h12H,1-10,17H2,(H,15,16). The maximum Gasteiger partial charge on any atom is 0.303 e. The molecule has 0 fully saturated rings. The summed E-state index contributed by atoms with van der Waals surface area (Å²) in [5.41, 5.74) is 0. The molecule has 0 aliphatic rings. The molecular formula is C12H24Cl2O2Si. The minimum Gasteiger partial charge on any atom is -0.481 e. The van der Waals surface area contributed by atoms with Crippen LogP contribution in [-0.2, 0) is 4.79 Å². The van der Waals surface area contributed by atoms with E-state index in [-0.39, 0.29) is 14.0 Å². The first kappa shape index (κ1) is 17.3. The fourth-order valence-corrected chi connectivity index (χ4v) is 3.69. The molecule has 0 atom stereocenters. The van der Waals surface area contributed by atoms with Gasteiger partial charge in [0.2, 0.25) is 0 Å². The second kappa shape index (κ2) is 12.7. The summed E-state index contributed by atoms with van der Waals surface area (Å²) in [7, 11) is -0.237. The summed E-state index contributed by atoms with van der Waals surface area (Å²) in [6.45, 7) is 0. The summed E-state index contributed by atoms with van der Waals surface area (Å²) in [6, 6.07) is 1.26. The van der Waals surface area contributed by atoms with Crippen molar-refractivity contribution in [3.8, 4) is 0 Å². The molecule has 102 valence electrons. The molecule has 0 aromatic carbocycles.